The van der Waals surface area contributed by atoms with E-state index in [9.17, 15) is 4.79 Å². The highest BCUT2D eigenvalue weighted by atomic mass is 32.1. The van der Waals surface area contributed by atoms with Crippen molar-refractivity contribution in [2.45, 2.75) is 6.54 Å². The number of methoxy groups -OCH3 is 2. The zero-order chi connectivity index (χ0) is 15.1. The molecule has 0 saturated heterocycles. The lowest BCUT2D eigenvalue weighted by Gasteiger charge is -2.13. The van der Waals surface area contributed by atoms with Gasteiger partial charge in [0.05, 0.1) is 20.8 Å². The summed E-state index contributed by atoms with van der Waals surface area (Å²) in [7, 11) is 3.08. The maximum absolute atomic E-state index is 11.8. The van der Waals surface area contributed by atoms with Gasteiger partial charge >= 0.3 is 0 Å². The fourth-order valence-corrected chi connectivity index (χ4v) is 2.39. The number of carbonyl (C=O) groups excluding carboxylic acids is 1. The van der Waals surface area contributed by atoms with E-state index < -0.39 is 0 Å². The minimum atomic E-state index is -0.198. The third kappa shape index (κ3) is 4.13. The molecule has 112 valence electrons. The average molecular weight is 307 g/mol. The molecule has 0 aliphatic carbocycles. The van der Waals surface area contributed by atoms with Crippen molar-refractivity contribution in [3.63, 3.8) is 0 Å². The van der Waals surface area contributed by atoms with E-state index >= 15 is 0 Å². The number of nitrogens with one attached hydrogen (secondary N) is 1. The van der Waals surface area contributed by atoms with Crippen molar-refractivity contribution in [2.24, 2.45) is 0 Å². The Hall–Kier alpha value is -2.21. The van der Waals surface area contributed by atoms with E-state index in [1.807, 2.05) is 17.5 Å². The first-order chi connectivity index (χ1) is 10.2. The van der Waals surface area contributed by atoms with Gasteiger partial charge in [-0.15, -0.1) is 11.3 Å². The summed E-state index contributed by atoms with van der Waals surface area (Å²) in [5, 5.41) is 4.77. The Morgan fingerprint density at radius 1 is 1.14 bits per heavy atom. The van der Waals surface area contributed by atoms with E-state index in [2.05, 4.69) is 5.32 Å². The van der Waals surface area contributed by atoms with Crippen molar-refractivity contribution >= 4 is 17.2 Å². The third-order valence-electron chi connectivity index (χ3n) is 2.77. The van der Waals surface area contributed by atoms with Gasteiger partial charge in [-0.3, -0.25) is 4.79 Å². The van der Waals surface area contributed by atoms with Crippen LogP contribution in [0.15, 0.2) is 35.7 Å². The molecule has 0 radical (unpaired) electrons. The summed E-state index contributed by atoms with van der Waals surface area (Å²) in [4.78, 5) is 12.9. The number of thiophene rings is 1. The fraction of sp³-hybridized carbons (Fsp3) is 0.267. The molecule has 2 rings (SSSR count). The molecule has 0 spiro atoms. The lowest BCUT2D eigenvalue weighted by atomic mass is 10.3. The van der Waals surface area contributed by atoms with Gasteiger partial charge in [-0.1, -0.05) is 12.1 Å². The Morgan fingerprint density at radius 2 is 1.86 bits per heavy atom. The number of amides is 1. The van der Waals surface area contributed by atoms with Crippen molar-refractivity contribution in [3.05, 3.63) is 40.6 Å². The van der Waals surface area contributed by atoms with Crippen LogP contribution in [-0.4, -0.2) is 26.7 Å². The number of ether oxygens (including phenoxy) is 3. The van der Waals surface area contributed by atoms with Crippen molar-refractivity contribution in [1.29, 1.82) is 0 Å². The first kappa shape index (κ1) is 15.2. The molecule has 0 saturated carbocycles. The molecular formula is C15H17NO4S. The van der Waals surface area contributed by atoms with Crippen LogP contribution in [0.4, 0.5) is 0 Å². The predicted molar refractivity (Wildman–Crippen MR) is 81.2 cm³/mol. The molecule has 21 heavy (non-hydrogen) atoms. The molecule has 2 aromatic rings. The molecule has 1 amide bonds. The van der Waals surface area contributed by atoms with Crippen LogP contribution in [0.1, 0.15) is 4.88 Å². The van der Waals surface area contributed by atoms with E-state index in [-0.39, 0.29) is 12.5 Å². The highest BCUT2D eigenvalue weighted by Crippen LogP contribution is 2.36. The van der Waals surface area contributed by atoms with Gasteiger partial charge in [0.25, 0.3) is 5.91 Å². The summed E-state index contributed by atoms with van der Waals surface area (Å²) in [6, 6.07) is 9.21. The molecule has 6 heteroatoms. The van der Waals surface area contributed by atoms with E-state index in [0.29, 0.717) is 23.8 Å². The molecular weight excluding hydrogens is 290 g/mol. The van der Waals surface area contributed by atoms with Crippen LogP contribution in [0, 0.1) is 0 Å². The number of rotatable bonds is 7. The summed E-state index contributed by atoms with van der Waals surface area (Å²) in [6.45, 7) is 0.408. The number of hydrogen-bond acceptors (Lipinski definition) is 5. The molecule has 1 N–H and O–H groups in total. The van der Waals surface area contributed by atoms with Crippen LogP contribution >= 0.6 is 11.3 Å². The van der Waals surface area contributed by atoms with Crippen molar-refractivity contribution in [1.82, 2.24) is 5.32 Å². The first-order valence-electron chi connectivity index (χ1n) is 6.37. The topological polar surface area (TPSA) is 56.8 Å². The van der Waals surface area contributed by atoms with Gasteiger partial charge in [0.15, 0.2) is 18.1 Å². The predicted octanol–water partition coefficient (Wildman–Crippen LogP) is 2.46. The zero-order valence-corrected chi connectivity index (χ0v) is 12.7. The molecule has 5 nitrogen and oxygen atoms in total. The van der Waals surface area contributed by atoms with Gasteiger partial charge in [0, 0.05) is 4.88 Å². The Kier molecular flexibility index (Phi) is 5.45. The average Bonchev–Trinajstić information content (AvgIpc) is 3.03. The molecule has 0 fully saturated rings. The van der Waals surface area contributed by atoms with Crippen LogP contribution < -0.4 is 19.5 Å². The molecule has 1 heterocycles. The van der Waals surface area contributed by atoms with E-state index in [1.165, 1.54) is 0 Å². The number of hydrogen-bond donors (Lipinski definition) is 1. The molecule has 0 bridgehead atoms. The SMILES string of the molecule is COc1cccc(OC)c1OCC(=O)NCc1cccs1. The summed E-state index contributed by atoms with van der Waals surface area (Å²) in [5.41, 5.74) is 0. The van der Waals surface area contributed by atoms with Crippen LogP contribution in [0.2, 0.25) is 0 Å². The lowest BCUT2D eigenvalue weighted by Crippen LogP contribution is -2.28. The standard InChI is InChI=1S/C15H17NO4S/c1-18-12-6-3-7-13(19-2)15(12)20-10-14(17)16-9-11-5-4-8-21-11/h3-8H,9-10H2,1-2H3,(H,16,17). The largest absolute Gasteiger partial charge is 0.493 e. The second kappa shape index (κ2) is 7.54. The van der Waals surface area contributed by atoms with E-state index in [4.69, 9.17) is 14.2 Å². The second-order valence-electron chi connectivity index (χ2n) is 4.14. The van der Waals surface area contributed by atoms with Gasteiger partial charge in [-0.25, -0.2) is 0 Å². The van der Waals surface area contributed by atoms with Crippen molar-refractivity contribution < 1.29 is 19.0 Å². The molecule has 1 aromatic carbocycles. The maximum atomic E-state index is 11.8. The van der Waals surface area contributed by atoms with Gasteiger partial charge in [-0.2, -0.15) is 0 Å². The Bertz CT molecular complexity index is 561. The summed E-state index contributed by atoms with van der Waals surface area (Å²) in [6.07, 6.45) is 0. The van der Waals surface area contributed by atoms with Crippen molar-refractivity contribution in [3.8, 4) is 17.2 Å². The van der Waals surface area contributed by atoms with Crippen LogP contribution in [0.25, 0.3) is 0 Å². The molecule has 0 unspecified atom stereocenters. The minimum Gasteiger partial charge on any atom is -0.493 e. The van der Waals surface area contributed by atoms with Gasteiger partial charge in [0.1, 0.15) is 0 Å². The maximum Gasteiger partial charge on any atom is 0.258 e. The minimum absolute atomic E-state index is 0.0951. The molecule has 0 aliphatic rings. The lowest BCUT2D eigenvalue weighted by molar-refractivity contribution is -0.123. The summed E-state index contributed by atoms with van der Waals surface area (Å²) < 4.78 is 15.9. The van der Waals surface area contributed by atoms with E-state index in [0.717, 1.165) is 4.88 Å². The fourth-order valence-electron chi connectivity index (χ4n) is 1.75. The molecule has 1 aromatic heterocycles. The number of benzene rings is 1. The number of para-hydroxylation sites is 1. The monoisotopic (exact) mass is 307 g/mol. The highest BCUT2D eigenvalue weighted by Gasteiger charge is 2.13. The highest BCUT2D eigenvalue weighted by molar-refractivity contribution is 7.09. The smallest absolute Gasteiger partial charge is 0.258 e. The van der Waals surface area contributed by atoms with Gasteiger partial charge in [-0.05, 0) is 23.6 Å². The zero-order valence-electron chi connectivity index (χ0n) is 11.9. The van der Waals surface area contributed by atoms with E-state index in [1.54, 1.807) is 43.8 Å². The van der Waals surface area contributed by atoms with Gasteiger partial charge in [0.2, 0.25) is 5.75 Å². The Morgan fingerprint density at radius 3 is 2.43 bits per heavy atom. The second-order valence-corrected chi connectivity index (χ2v) is 5.17. The molecule has 0 atom stereocenters. The van der Waals surface area contributed by atoms with Crippen LogP contribution in [-0.2, 0) is 11.3 Å². The first-order valence-corrected chi connectivity index (χ1v) is 7.25. The quantitative estimate of drug-likeness (QED) is 0.853. The normalized spacial score (nSPS) is 10.0. The third-order valence-corrected chi connectivity index (χ3v) is 3.65. The summed E-state index contributed by atoms with van der Waals surface area (Å²) >= 11 is 1.60. The van der Waals surface area contributed by atoms with Crippen LogP contribution in [0.5, 0.6) is 17.2 Å². The molecule has 0 aliphatic heterocycles. The Labute approximate surface area is 127 Å². The van der Waals surface area contributed by atoms with Crippen LogP contribution in [0.3, 0.4) is 0 Å². The summed E-state index contributed by atoms with van der Waals surface area (Å²) in [5.74, 6) is 1.28. The number of carbonyl (C=O) groups is 1. The Balaban J connectivity index is 1.91. The van der Waals surface area contributed by atoms with Crippen molar-refractivity contribution in [2.75, 3.05) is 20.8 Å². The van der Waals surface area contributed by atoms with Gasteiger partial charge < -0.3 is 19.5 Å².